The van der Waals surface area contributed by atoms with E-state index in [0.717, 1.165) is 6.54 Å². The van der Waals surface area contributed by atoms with Crippen molar-refractivity contribution >= 4 is 0 Å². The first-order valence-electron chi connectivity index (χ1n) is 7.93. The molecule has 3 nitrogen and oxygen atoms in total. The zero-order chi connectivity index (χ0) is 13.4. The number of nitrogens with one attached hydrogen (secondary N) is 1. The normalized spacial score (nSPS) is 27.3. The number of rotatable bonds is 8. The zero-order valence-corrected chi connectivity index (χ0v) is 12.6. The number of hydrazine groups is 1. The number of nitrogens with zero attached hydrogens (tertiary/aromatic N) is 1. The second-order valence-corrected chi connectivity index (χ2v) is 5.95. The Morgan fingerprint density at radius 3 is 2.39 bits per heavy atom. The molecule has 0 aliphatic carbocycles. The molecule has 0 bridgehead atoms. The predicted octanol–water partition coefficient (Wildman–Crippen LogP) is 3.05. The molecule has 18 heavy (non-hydrogen) atoms. The van der Waals surface area contributed by atoms with Crippen molar-refractivity contribution in [2.45, 2.75) is 90.3 Å². The molecule has 1 heterocycles. The van der Waals surface area contributed by atoms with Crippen LogP contribution in [-0.4, -0.2) is 29.7 Å². The van der Waals surface area contributed by atoms with Crippen LogP contribution in [0.3, 0.4) is 0 Å². The summed E-state index contributed by atoms with van der Waals surface area (Å²) in [6.07, 6.45) is 10.5. The molecule has 0 aromatic heterocycles. The number of hydrogen-bond acceptors (Lipinski definition) is 3. The lowest BCUT2D eigenvalue weighted by atomic mass is 9.99. The summed E-state index contributed by atoms with van der Waals surface area (Å²) in [6, 6.07) is 1.77. The molecule has 3 N–H and O–H groups in total. The third-order valence-electron chi connectivity index (χ3n) is 4.22. The average Bonchev–Trinajstić information content (AvgIpc) is 2.36. The summed E-state index contributed by atoms with van der Waals surface area (Å²) in [6.45, 7) is 7.67. The lowest BCUT2D eigenvalue weighted by Crippen LogP contribution is -2.57. The van der Waals surface area contributed by atoms with Crippen LogP contribution < -0.4 is 11.2 Å². The first kappa shape index (κ1) is 15.9. The van der Waals surface area contributed by atoms with Gasteiger partial charge < -0.3 is 5.73 Å². The van der Waals surface area contributed by atoms with Crippen molar-refractivity contribution in [3.8, 4) is 0 Å². The lowest BCUT2D eigenvalue weighted by molar-refractivity contribution is 0.0289. The quantitative estimate of drug-likeness (QED) is 0.655. The Morgan fingerprint density at radius 1 is 1.17 bits per heavy atom. The molecule has 3 heteroatoms. The van der Waals surface area contributed by atoms with E-state index < -0.39 is 0 Å². The molecular formula is C15H33N3. The molecule has 3 unspecified atom stereocenters. The highest BCUT2D eigenvalue weighted by atomic mass is 15.5. The zero-order valence-electron chi connectivity index (χ0n) is 12.6. The minimum absolute atomic E-state index is 0.463. The van der Waals surface area contributed by atoms with Gasteiger partial charge in [0.25, 0.3) is 0 Å². The van der Waals surface area contributed by atoms with E-state index in [-0.39, 0.29) is 0 Å². The van der Waals surface area contributed by atoms with Gasteiger partial charge in [0, 0.05) is 24.7 Å². The molecule has 0 saturated carbocycles. The smallest absolute Gasteiger partial charge is 0.0338 e. The summed E-state index contributed by atoms with van der Waals surface area (Å²) < 4.78 is 0. The van der Waals surface area contributed by atoms with Crippen molar-refractivity contribution in [1.82, 2.24) is 10.4 Å². The van der Waals surface area contributed by atoms with E-state index in [2.05, 4.69) is 31.2 Å². The van der Waals surface area contributed by atoms with Gasteiger partial charge in [0.15, 0.2) is 0 Å². The third-order valence-corrected chi connectivity index (χ3v) is 4.22. The summed E-state index contributed by atoms with van der Waals surface area (Å²) in [7, 11) is 0. The van der Waals surface area contributed by atoms with Gasteiger partial charge in [-0.3, -0.25) is 5.43 Å². The molecule has 108 valence electrons. The fraction of sp³-hybridized carbons (Fsp3) is 1.00. The highest BCUT2D eigenvalue weighted by Crippen LogP contribution is 2.21. The highest BCUT2D eigenvalue weighted by Gasteiger charge is 2.26. The van der Waals surface area contributed by atoms with Gasteiger partial charge in [-0.05, 0) is 33.1 Å². The second kappa shape index (κ2) is 8.89. The van der Waals surface area contributed by atoms with Crippen LogP contribution in [0.1, 0.15) is 72.1 Å². The van der Waals surface area contributed by atoms with Crippen molar-refractivity contribution < 1.29 is 0 Å². The van der Waals surface area contributed by atoms with Crippen LogP contribution >= 0.6 is 0 Å². The van der Waals surface area contributed by atoms with Crippen LogP contribution in [-0.2, 0) is 0 Å². The number of unbranched alkanes of at least 4 members (excludes halogenated alkanes) is 3. The largest absolute Gasteiger partial charge is 0.329 e. The van der Waals surface area contributed by atoms with Gasteiger partial charge >= 0.3 is 0 Å². The molecule has 1 fully saturated rings. The molecule has 1 rings (SSSR count). The van der Waals surface area contributed by atoms with E-state index in [1.807, 2.05) is 0 Å². The Kier molecular flexibility index (Phi) is 7.87. The number of piperidine rings is 1. The van der Waals surface area contributed by atoms with Crippen LogP contribution in [0.2, 0.25) is 0 Å². The second-order valence-electron chi connectivity index (χ2n) is 5.95. The lowest BCUT2D eigenvalue weighted by Gasteiger charge is -2.41. The monoisotopic (exact) mass is 255 g/mol. The van der Waals surface area contributed by atoms with E-state index in [9.17, 15) is 0 Å². The van der Waals surface area contributed by atoms with Crippen LogP contribution in [0.5, 0.6) is 0 Å². The molecular weight excluding hydrogens is 222 g/mol. The molecule has 0 aromatic rings. The molecule has 1 saturated heterocycles. The Morgan fingerprint density at radius 2 is 1.83 bits per heavy atom. The number of nitrogens with two attached hydrogens (primary N) is 1. The molecule has 0 radical (unpaired) electrons. The van der Waals surface area contributed by atoms with Crippen LogP contribution in [0, 0.1) is 0 Å². The third kappa shape index (κ3) is 5.25. The first-order chi connectivity index (χ1) is 8.69. The fourth-order valence-electron chi connectivity index (χ4n) is 2.94. The Balaban J connectivity index is 2.31. The molecule has 0 amide bonds. The van der Waals surface area contributed by atoms with Crippen molar-refractivity contribution in [2.24, 2.45) is 5.73 Å². The van der Waals surface area contributed by atoms with Gasteiger partial charge in [-0.25, -0.2) is 5.01 Å². The van der Waals surface area contributed by atoms with Crippen molar-refractivity contribution in [3.63, 3.8) is 0 Å². The maximum absolute atomic E-state index is 5.91. The Bertz CT molecular complexity index is 198. The van der Waals surface area contributed by atoms with Gasteiger partial charge in [0.05, 0.1) is 0 Å². The van der Waals surface area contributed by atoms with E-state index >= 15 is 0 Å². The molecule has 3 atom stereocenters. The minimum Gasteiger partial charge on any atom is -0.329 e. The maximum atomic E-state index is 5.91. The van der Waals surface area contributed by atoms with Crippen molar-refractivity contribution in [1.29, 1.82) is 0 Å². The van der Waals surface area contributed by atoms with Gasteiger partial charge in [0.1, 0.15) is 0 Å². The average molecular weight is 255 g/mol. The summed E-state index contributed by atoms with van der Waals surface area (Å²) in [5.41, 5.74) is 9.60. The maximum Gasteiger partial charge on any atom is 0.0338 e. The van der Waals surface area contributed by atoms with E-state index in [0.29, 0.717) is 18.1 Å². The van der Waals surface area contributed by atoms with E-state index in [1.165, 1.54) is 51.4 Å². The Labute approximate surface area is 113 Å². The standard InChI is InChI=1S/C15H33N3/c1-4-5-6-7-11-15(12-16)17-18-13(2)9-8-10-14(18)3/h13-15,17H,4-12,16H2,1-3H3. The molecule has 1 aliphatic heterocycles. The first-order valence-corrected chi connectivity index (χ1v) is 7.93. The van der Waals surface area contributed by atoms with Crippen molar-refractivity contribution in [3.05, 3.63) is 0 Å². The van der Waals surface area contributed by atoms with Gasteiger partial charge in [-0.2, -0.15) is 0 Å². The fourth-order valence-corrected chi connectivity index (χ4v) is 2.94. The molecule has 0 spiro atoms. The topological polar surface area (TPSA) is 41.3 Å². The van der Waals surface area contributed by atoms with E-state index in [1.54, 1.807) is 0 Å². The molecule has 1 aliphatic rings. The summed E-state index contributed by atoms with van der Waals surface area (Å²) in [4.78, 5) is 0. The number of hydrogen-bond donors (Lipinski definition) is 2. The predicted molar refractivity (Wildman–Crippen MR) is 79.4 cm³/mol. The summed E-state index contributed by atoms with van der Waals surface area (Å²) >= 11 is 0. The highest BCUT2D eigenvalue weighted by molar-refractivity contribution is 4.79. The van der Waals surface area contributed by atoms with Gasteiger partial charge in [-0.1, -0.05) is 39.0 Å². The Hall–Kier alpha value is -0.120. The summed E-state index contributed by atoms with van der Waals surface area (Å²) in [5, 5.41) is 2.46. The molecule has 0 aromatic carbocycles. The van der Waals surface area contributed by atoms with Crippen LogP contribution in [0.15, 0.2) is 0 Å². The van der Waals surface area contributed by atoms with Crippen LogP contribution in [0.25, 0.3) is 0 Å². The van der Waals surface area contributed by atoms with Crippen molar-refractivity contribution in [2.75, 3.05) is 6.54 Å². The summed E-state index contributed by atoms with van der Waals surface area (Å²) in [5.74, 6) is 0. The van der Waals surface area contributed by atoms with Gasteiger partial charge in [-0.15, -0.1) is 0 Å². The van der Waals surface area contributed by atoms with Gasteiger partial charge in [0.2, 0.25) is 0 Å². The van der Waals surface area contributed by atoms with Crippen LogP contribution in [0.4, 0.5) is 0 Å². The van der Waals surface area contributed by atoms with E-state index in [4.69, 9.17) is 5.73 Å². The minimum atomic E-state index is 0.463. The SMILES string of the molecule is CCCCCCC(CN)NN1C(C)CCCC1C.